The van der Waals surface area contributed by atoms with Gasteiger partial charge in [-0.05, 0) is 26.8 Å². The first-order chi connectivity index (χ1) is 7.64. The first-order valence-electron chi connectivity index (χ1n) is 4.87. The van der Waals surface area contributed by atoms with Crippen molar-refractivity contribution in [2.24, 2.45) is 5.92 Å². The molecule has 1 aromatic rings. The van der Waals surface area contributed by atoms with E-state index in [1.807, 2.05) is 0 Å². The number of aryl methyl sites for hydroxylation is 2. The number of hydrogen-bond donors (Lipinski definition) is 0. The number of rotatable bonds is 3. The Balaban J connectivity index is 2.99. The second kappa shape index (κ2) is 4.60. The number of hydrogen-bond acceptors (Lipinski definition) is 3. The lowest BCUT2D eigenvalue weighted by Gasteiger charge is -2.11. The predicted octanol–water partition coefficient (Wildman–Crippen LogP) is 3.32. The monoisotopic (exact) mass is 264 g/mol. The zero-order valence-electron chi connectivity index (χ0n) is 9.51. The standard InChI is InChI=1S/C11H11F3O2S/c1-5-4-8(7(3)17-5)9(15)6(2)10(16)11(12,13)14/h4,6H,1-3H3. The van der Waals surface area contributed by atoms with Crippen LogP contribution in [0.2, 0.25) is 0 Å². The average Bonchev–Trinajstić information content (AvgIpc) is 2.53. The summed E-state index contributed by atoms with van der Waals surface area (Å²) in [5, 5.41) is 0. The van der Waals surface area contributed by atoms with Gasteiger partial charge in [0.15, 0.2) is 5.78 Å². The molecule has 0 saturated carbocycles. The lowest BCUT2D eigenvalue weighted by Crippen LogP contribution is -2.33. The molecule has 0 N–H and O–H groups in total. The summed E-state index contributed by atoms with van der Waals surface area (Å²) < 4.78 is 36.5. The molecule has 1 atom stereocenters. The van der Waals surface area contributed by atoms with E-state index >= 15 is 0 Å². The summed E-state index contributed by atoms with van der Waals surface area (Å²) in [5.74, 6) is -4.44. The molecule has 0 bridgehead atoms. The summed E-state index contributed by atoms with van der Waals surface area (Å²) in [4.78, 5) is 24.2. The summed E-state index contributed by atoms with van der Waals surface area (Å²) in [6.45, 7) is 4.39. The van der Waals surface area contributed by atoms with Gasteiger partial charge in [-0.15, -0.1) is 11.3 Å². The van der Waals surface area contributed by atoms with E-state index < -0.39 is 23.7 Å². The fourth-order valence-corrected chi connectivity index (χ4v) is 2.40. The molecule has 6 heteroatoms. The van der Waals surface area contributed by atoms with Crippen molar-refractivity contribution in [2.45, 2.75) is 26.9 Å². The van der Waals surface area contributed by atoms with Gasteiger partial charge in [-0.25, -0.2) is 0 Å². The van der Waals surface area contributed by atoms with Crippen LogP contribution in [0.3, 0.4) is 0 Å². The minimum atomic E-state index is -4.96. The Morgan fingerprint density at radius 1 is 1.29 bits per heavy atom. The third-order valence-electron chi connectivity index (χ3n) is 2.37. The highest BCUT2D eigenvalue weighted by Crippen LogP contribution is 2.27. The van der Waals surface area contributed by atoms with E-state index in [1.165, 1.54) is 17.4 Å². The fraction of sp³-hybridized carbons (Fsp3) is 0.455. The number of halogens is 3. The molecule has 0 saturated heterocycles. The van der Waals surface area contributed by atoms with E-state index in [2.05, 4.69) is 0 Å². The second-order valence-electron chi connectivity index (χ2n) is 3.77. The Morgan fingerprint density at radius 3 is 2.18 bits per heavy atom. The summed E-state index contributed by atoms with van der Waals surface area (Å²) >= 11 is 1.32. The van der Waals surface area contributed by atoms with E-state index in [-0.39, 0.29) is 5.56 Å². The molecular weight excluding hydrogens is 253 g/mol. The lowest BCUT2D eigenvalue weighted by molar-refractivity contribution is -0.173. The number of alkyl halides is 3. The van der Waals surface area contributed by atoms with Crippen molar-refractivity contribution in [3.05, 3.63) is 21.4 Å². The number of thiophene rings is 1. The first-order valence-corrected chi connectivity index (χ1v) is 5.68. The highest BCUT2D eigenvalue weighted by Gasteiger charge is 2.44. The Hall–Kier alpha value is -1.17. The molecule has 0 spiro atoms. The SMILES string of the molecule is Cc1cc(C(=O)C(C)C(=O)C(F)(F)F)c(C)s1. The van der Waals surface area contributed by atoms with E-state index in [0.717, 1.165) is 11.8 Å². The van der Waals surface area contributed by atoms with Gasteiger partial charge in [0.2, 0.25) is 5.78 Å². The quantitative estimate of drug-likeness (QED) is 0.620. The maximum atomic E-state index is 12.2. The van der Waals surface area contributed by atoms with Gasteiger partial charge in [0.05, 0.1) is 5.92 Å². The van der Waals surface area contributed by atoms with E-state index in [1.54, 1.807) is 13.8 Å². The maximum Gasteiger partial charge on any atom is 0.450 e. The molecule has 0 aliphatic rings. The Morgan fingerprint density at radius 2 is 1.82 bits per heavy atom. The topological polar surface area (TPSA) is 34.1 Å². The minimum absolute atomic E-state index is 0.206. The van der Waals surface area contributed by atoms with Gasteiger partial charge in [0, 0.05) is 15.3 Å². The number of carbonyl (C=O) groups excluding carboxylic acids is 2. The van der Waals surface area contributed by atoms with Crippen LogP contribution in [0, 0.1) is 19.8 Å². The first kappa shape index (κ1) is 13.9. The van der Waals surface area contributed by atoms with E-state index in [9.17, 15) is 22.8 Å². The van der Waals surface area contributed by atoms with Crippen molar-refractivity contribution >= 4 is 22.9 Å². The van der Waals surface area contributed by atoms with Crippen LogP contribution >= 0.6 is 11.3 Å². The molecule has 0 amide bonds. The van der Waals surface area contributed by atoms with Crippen molar-refractivity contribution in [1.82, 2.24) is 0 Å². The lowest BCUT2D eigenvalue weighted by atomic mass is 9.95. The number of carbonyl (C=O) groups is 2. The van der Waals surface area contributed by atoms with Crippen LogP contribution in [0.25, 0.3) is 0 Å². The molecule has 2 nitrogen and oxygen atoms in total. The summed E-state index contributed by atoms with van der Waals surface area (Å²) in [6, 6.07) is 1.52. The fourth-order valence-electron chi connectivity index (χ4n) is 1.47. The van der Waals surface area contributed by atoms with Crippen molar-refractivity contribution in [3.8, 4) is 0 Å². The molecule has 94 valence electrons. The molecule has 17 heavy (non-hydrogen) atoms. The normalized spacial score (nSPS) is 13.5. The molecule has 0 fully saturated rings. The van der Waals surface area contributed by atoms with Gasteiger partial charge in [0.25, 0.3) is 0 Å². The van der Waals surface area contributed by atoms with E-state index in [0.29, 0.717) is 4.88 Å². The Bertz CT molecular complexity index is 460. The molecule has 0 aliphatic heterocycles. The molecule has 0 aromatic carbocycles. The second-order valence-corrected chi connectivity index (χ2v) is 5.24. The Kier molecular flexibility index (Phi) is 3.76. The van der Waals surface area contributed by atoms with Gasteiger partial charge >= 0.3 is 6.18 Å². The van der Waals surface area contributed by atoms with Crippen LogP contribution in [0.4, 0.5) is 13.2 Å². The van der Waals surface area contributed by atoms with Gasteiger partial charge < -0.3 is 0 Å². The third kappa shape index (κ3) is 2.94. The molecule has 0 aliphatic carbocycles. The van der Waals surface area contributed by atoms with E-state index in [4.69, 9.17) is 0 Å². The molecule has 1 heterocycles. The average molecular weight is 264 g/mol. The summed E-state index contributed by atoms with van der Waals surface area (Å²) in [7, 11) is 0. The van der Waals surface area contributed by atoms with Gasteiger partial charge in [-0.3, -0.25) is 9.59 Å². The smallest absolute Gasteiger partial charge is 0.293 e. The number of ketones is 2. The van der Waals surface area contributed by atoms with Crippen molar-refractivity contribution in [3.63, 3.8) is 0 Å². The highest BCUT2D eigenvalue weighted by molar-refractivity contribution is 7.12. The maximum absolute atomic E-state index is 12.2. The zero-order chi connectivity index (χ0) is 13.4. The van der Waals surface area contributed by atoms with Crippen LogP contribution in [0.5, 0.6) is 0 Å². The Labute approximate surface area is 100 Å². The summed E-state index contributed by atoms with van der Waals surface area (Å²) in [6.07, 6.45) is -4.96. The molecule has 1 unspecified atom stereocenters. The largest absolute Gasteiger partial charge is 0.450 e. The van der Waals surface area contributed by atoms with Crippen LogP contribution < -0.4 is 0 Å². The number of Topliss-reactive ketones (excluding diaryl/α,β-unsaturated/α-hetero) is 2. The highest BCUT2D eigenvalue weighted by atomic mass is 32.1. The minimum Gasteiger partial charge on any atom is -0.293 e. The molecule has 0 radical (unpaired) electrons. The van der Waals surface area contributed by atoms with Crippen LogP contribution in [-0.4, -0.2) is 17.7 Å². The van der Waals surface area contributed by atoms with Crippen molar-refractivity contribution < 1.29 is 22.8 Å². The molecular formula is C11H11F3O2S. The van der Waals surface area contributed by atoms with Crippen molar-refractivity contribution in [2.75, 3.05) is 0 Å². The van der Waals surface area contributed by atoms with Gasteiger partial charge in [-0.2, -0.15) is 13.2 Å². The zero-order valence-corrected chi connectivity index (χ0v) is 10.3. The molecule has 1 aromatic heterocycles. The van der Waals surface area contributed by atoms with Crippen LogP contribution in [0.15, 0.2) is 6.07 Å². The predicted molar refractivity (Wildman–Crippen MR) is 58.3 cm³/mol. The summed E-state index contributed by atoms with van der Waals surface area (Å²) in [5.41, 5.74) is 0.206. The van der Waals surface area contributed by atoms with Gasteiger partial charge in [-0.1, -0.05) is 0 Å². The van der Waals surface area contributed by atoms with Crippen molar-refractivity contribution in [1.29, 1.82) is 0 Å². The molecule has 1 rings (SSSR count). The van der Waals surface area contributed by atoms with Gasteiger partial charge in [0.1, 0.15) is 0 Å². The van der Waals surface area contributed by atoms with Crippen LogP contribution in [-0.2, 0) is 4.79 Å². The third-order valence-corrected chi connectivity index (χ3v) is 3.34. The van der Waals surface area contributed by atoms with Crippen LogP contribution in [0.1, 0.15) is 27.0 Å².